The second kappa shape index (κ2) is 14.4. The molecule has 0 bridgehead atoms. The average Bonchev–Trinajstić information content (AvgIpc) is 2.94. The Kier molecular flexibility index (Phi) is 10.7. The molecule has 3 N–H and O–H groups in total. The number of hydrogen-bond donors (Lipinski definition) is 3. The van der Waals surface area contributed by atoms with Crippen LogP contribution in [-0.2, 0) is 20.8 Å². The number of allylic oxidation sites excluding steroid dienone is 1. The van der Waals surface area contributed by atoms with Crippen LogP contribution < -0.4 is 16.0 Å². The van der Waals surface area contributed by atoms with Crippen LogP contribution in [-0.4, -0.2) is 50.0 Å². The van der Waals surface area contributed by atoms with E-state index in [2.05, 4.69) is 32.0 Å². The molecule has 0 atom stereocenters. The molecule has 0 saturated heterocycles. The predicted octanol–water partition coefficient (Wildman–Crippen LogP) is 4.48. The van der Waals surface area contributed by atoms with Gasteiger partial charge in [0.25, 0.3) is 5.91 Å². The molecule has 1 aromatic heterocycles. The summed E-state index contributed by atoms with van der Waals surface area (Å²) in [5, 5.41) is 27.3. The summed E-state index contributed by atoms with van der Waals surface area (Å²) in [6.45, 7) is 3.98. The van der Waals surface area contributed by atoms with Crippen molar-refractivity contribution >= 4 is 35.1 Å². The van der Waals surface area contributed by atoms with E-state index in [-0.39, 0.29) is 30.5 Å². The summed E-state index contributed by atoms with van der Waals surface area (Å²) >= 11 is 0. The minimum atomic E-state index is -0.636. The molecule has 3 rings (SSSR count). The van der Waals surface area contributed by atoms with Crippen molar-refractivity contribution in [2.24, 2.45) is 0 Å². The number of aryl methyl sites for hydroxylation is 2. The van der Waals surface area contributed by atoms with Crippen molar-refractivity contribution in [3.63, 3.8) is 0 Å². The van der Waals surface area contributed by atoms with Crippen molar-refractivity contribution < 1.29 is 19.0 Å². The number of anilines is 4. The first-order valence-corrected chi connectivity index (χ1v) is 12.3. The Balaban J connectivity index is 2.10. The number of rotatable bonds is 12. The number of methoxy groups -OCH3 is 3. The summed E-state index contributed by atoms with van der Waals surface area (Å²) in [5.74, 6) is 0.0439. The van der Waals surface area contributed by atoms with Crippen LogP contribution >= 0.6 is 0 Å². The lowest BCUT2D eigenvalue weighted by Crippen LogP contribution is -2.35. The van der Waals surface area contributed by atoms with Crippen LogP contribution in [0.25, 0.3) is 6.08 Å². The zero-order valence-corrected chi connectivity index (χ0v) is 23.0. The number of nitrogens with one attached hydrogen (secondary N) is 3. The van der Waals surface area contributed by atoms with E-state index in [1.807, 2.05) is 32.0 Å². The van der Waals surface area contributed by atoms with Gasteiger partial charge in [-0.15, -0.1) is 0 Å². The highest BCUT2D eigenvalue weighted by Crippen LogP contribution is 2.30. The molecule has 0 aliphatic carbocycles. The maximum atomic E-state index is 13.5. The fraction of sp³-hybridized carbons (Fsp3) is 0.276. The lowest BCUT2D eigenvalue weighted by atomic mass is 10.0. The summed E-state index contributed by atoms with van der Waals surface area (Å²) in [5.41, 5.74) is 5.12. The van der Waals surface area contributed by atoms with Gasteiger partial charge in [0, 0.05) is 38.8 Å². The molecule has 0 unspecified atom stereocenters. The Morgan fingerprint density at radius 1 is 1.02 bits per heavy atom. The maximum Gasteiger partial charge on any atom is 0.257 e. The van der Waals surface area contributed by atoms with Crippen molar-refractivity contribution in [3.05, 3.63) is 76.0 Å². The smallest absolute Gasteiger partial charge is 0.257 e. The third-order valence-electron chi connectivity index (χ3n) is 5.87. The van der Waals surface area contributed by atoms with Crippen LogP contribution in [0.4, 0.5) is 23.1 Å². The van der Waals surface area contributed by atoms with Crippen LogP contribution in [0.15, 0.2) is 42.5 Å². The topological polar surface area (TPSA) is 154 Å². The molecule has 0 radical (unpaired) electrons. The second-order valence-corrected chi connectivity index (χ2v) is 8.69. The van der Waals surface area contributed by atoms with Crippen molar-refractivity contribution in [2.75, 3.05) is 38.5 Å². The van der Waals surface area contributed by atoms with Gasteiger partial charge in [-0.05, 0) is 73.0 Å². The molecule has 40 heavy (non-hydrogen) atoms. The van der Waals surface area contributed by atoms with E-state index in [1.165, 1.54) is 27.4 Å². The quantitative estimate of drug-likeness (QED) is 0.221. The third-order valence-corrected chi connectivity index (χ3v) is 5.87. The van der Waals surface area contributed by atoms with Gasteiger partial charge >= 0.3 is 0 Å². The van der Waals surface area contributed by atoms with Gasteiger partial charge in [-0.2, -0.15) is 15.5 Å². The molecule has 0 spiro atoms. The Morgan fingerprint density at radius 3 is 2.27 bits per heavy atom. The lowest BCUT2D eigenvalue weighted by Gasteiger charge is -2.20. The largest absolute Gasteiger partial charge is 0.378 e. The molecular formula is C29H31N7O4. The SMILES string of the molecule is COCc1nc(Nc2ccc(C#N)cc2)nc(Nc2c(C)cc(/C=C/C#N)cc2C)c1C(=O)NCC(OC)OC. The molecule has 1 heterocycles. The standard InChI is InChI=1S/C29H31N7O4/c1-18-13-21(7-6-12-30)14-19(2)26(18)35-27-25(28(37)32-16-24(39-4)40-5)23(17-38-3)34-29(36-27)33-22-10-8-20(15-31)9-11-22/h6-11,13-14,24H,16-17H2,1-5H3,(H,32,37)(H2,33,34,35,36)/b7-6+. The summed E-state index contributed by atoms with van der Waals surface area (Å²) in [6, 6.07) is 14.8. The van der Waals surface area contributed by atoms with Crippen LogP contribution in [0.5, 0.6) is 0 Å². The third kappa shape index (κ3) is 7.62. The van der Waals surface area contributed by atoms with Gasteiger partial charge in [0.05, 0.1) is 36.5 Å². The minimum Gasteiger partial charge on any atom is -0.378 e. The van der Waals surface area contributed by atoms with E-state index < -0.39 is 12.2 Å². The monoisotopic (exact) mass is 541 g/mol. The van der Waals surface area contributed by atoms with Gasteiger partial charge in [0.15, 0.2) is 6.29 Å². The number of nitriles is 2. The molecule has 0 aliphatic heterocycles. The Morgan fingerprint density at radius 2 is 1.70 bits per heavy atom. The molecule has 11 nitrogen and oxygen atoms in total. The fourth-order valence-corrected chi connectivity index (χ4v) is 3.96. The summed E-state index contributed by atoms with van der Waals surface area (Å²) in [4.78, 5) is 22.7. The van der Waals surface area contributed by atoms with Crippen LogP contribution in [0.3, 0.4) is 0 Å². The lowest BCUT2D eigenvalue weighted by molar-refractivity contribution is -0.0974. The van der Waals surface area contributed by atoms with Gasteiger partial charge in [-0.1, -0.05) is 0 Å². The van der Waals surface area contributed by atoms with Crippen molar-refractivity contribution in [1.82, 2.24) is 15.3 Å². The number of carbonyl (C=O) groups excluding carboxylic acids is 1. The summed E-state index contributed by atoms with van der Waals surface area (Å²) in [6.07, 6.45) is 2.51. The molecule has 0 saturated carbocycles. The van der Waals surface area contributed by atoms with E-state index >= 15 is 0 Å². The van der Waals surface area contributed by atoms with Gasteiger partial charge in [-0.25, -0.2) is 4.98 Å². The number of carbonyl (C=O) groups is 1. The first kappa shape index (κ1) is 29.7. The highest BCUT2D eigenvalue weighted by molar-refractivity contribution is 6.01. The van der Waals surface area contributed by atoms with Crippen molar-refractivity contribution in [2.45, 2.75) is 26.7 Å². The van der Waals surface area contributed by atoms with Crippen LogP contribution in [0, 0.1) is 36.5 Å². The minimum absolute atomic E-state index is 0.0375. The van der Waals surface area contributed by atoms with Gasteiger partial charge in [0.1, 0.15) is 11.4 Å². The van der Waals surface area contributed by atoms with Crippen molar-refractivity contribution in [1.29, 1.82) is 10.5 Å². The predicted molar refractivity (Wildman–Crippen MR) is 151 cm³/mol. The number of aromatic nitrogens is 2. The first-order chi connectivity index (χ1) is 19.3. The van der Waals surface area contributed by atoms with E-state index in [0.717, 1.165) is 22.4 Å². The number of nitrogens with zero attached hydrogens (tertiary/aromatic N) is 4. The molecule has 1 amide bonds. The first-order valence-electron chi connectivity index (χ1n) is 12.3. The number of amides is 1. The van der Waals surface area contributed by atoms with Gasteiger partial charge < -0.3 is 30.2 Å². The Bertz CT molecular complexity index is 1430. The van der Waals surface area contributed by atoms with Crippen molar-refractivity contribution in [3.8, 4) is 12.1 Å². The fourth-order valence-electron chi connectivity index (χ4n) is 3.96. The van der Waals surface area contributed by atoms with E-state index in [9.17, 15) is 4.79 Å². The normalized spacial score (nSPS) is 10.8. The Hall–Kier alpha value is -4.81. The molecule has 3 aromatic rings. The maximum absolute atomic E-state index is 13.5. The van der Waals surface area contributed by atoms with E-state index in [0.29, 0.717) is 16.9 Å². The summed E-state index contributed by atoms with van der Waals surface area (Å²) < 4.78 is 15.8. The van der Waals surface area contributed by atoms with Gasteiger partial charge in [-0.3, -0.25) is 4.79 Å². The molecule has 0 fully saturated rings. The molecular weight excluding hydrogens is 510 g/mol. The molecule has 11 heteroatoms. The molecule has 206 valence electrons. The Labute approximate surface area is 233 Å². The summed E-state index contributed by atoms with van der Waals surface area (Å²) in [7, 11) is 4.48. The number of ether oxygens (including phenoxy) is 3. The highest BCUT2D eigenvalue weighted by Gasteiger charge is 2.23. The second-order valence-electron chi connectivity index (χ2n) is 8.69. The van der Waals surface area contributed by atoms with Gasteiger partial charge in [0.2, 0.25) is 5.95 Å². The van der Waals surface area contributed by atoms with Crippen LogP contribution in [0.2, 0.25) is 0 Å². The van der Waals surface area contributed by atoms with Crippen LogP contribution in [0.1, 0.15) is 38.3 Å². The average molecular weight is 542 g/mol. The van der Waals surface area contributed by atoms with E-state index in [4.69, 9.17) is 24.7 Å². The molecule has 0 aliphatic rings. The number of benzene rings is 2. The molecule has 2 aromatic carbocycles. The zero-order chi connectivity index (χ0) is 29.1. The highest BCUT2D eigenvalue weighted by atomic mass is 16.7. The van der Waals surface area contributed by atoms with E-state index in [1.54, 1.807) is 30.3 Å². The zero-order valence-electron chi connectivity index (χ0n) is 23.0. The number of hydrogen-bond acceptors (Lipinski definition) is 10.